The number of carbonyl (C=O) groups is 6. The average Bonchev–Trinajstić information content (AvgIpc) is 0.786. The van der Waals surface area contributed by atoms with E-state index >= 15 is 0 Å². The highest BCUT2D eigenvalue weighted by Crippen LogP contribution is 2.39. The summed E-state index contributed by atoms with van der Waals surface area (Å²) in [5.74, 6) is -9.02. The molecule has 5 heterocycles. The molecule has 0 aromatic rings. The summed E-state index contributed by atoms with van der Waals surface area (Å²) < 4.78 is 62.7. The van der Waals surface area contributed by atoms with Crippen molar-refractivity contribution in [2.24, 2.45) is 35.5 Å². The predicted octanol–water partition coefficient (Wildman–Crippen LogP) is 1.98. The van der Waals surface area contributed by atoms with Gasteiger partial charge in [-0.1, -0.05) is 71.1 Å². The minimum absolute atomic E-state index is 0.0102. The van der Waals surface area contributed by atoms with Gasteiger partial charge in [0.1, 0.15) is 85.6 Å². The number of hydrogen-bond donors (Lipinski definition) is 9. The van der Waals surface area contributed by atoms with Gasteiger partial charge in [-0.25, -0.2) is 9.59 Å². The van der Waals surface area contributed by atoms with Gasteiger partial charge in [-0.3, -0.25) is 19.2 Å². The third-order valence-electron chi connectivity index (χ3n) is 19.3. The number of amides is 1. The lowest BCUT2D eigenvalue weighted by Gasteiger charge is -2.45. The van der Waals surface area contributed by atoms with Crippen molar-refractivity contribution in [1.29, 1.82) is 0 Å². The normalized spacial score (nSPS) is 41.7. The van der Waals surface area contributed by atoms with Crippen molar-refractivity contribution in [1.82, 2.24) is 4.90 Å². The number of fused-ring (bicyclic) bond motifs is 3. The number of Topliss-reactive ketones (excluding diaryl/α,β-unsaturated/α-hetero) is 3. The molecule has 2 bridgehead atoms. The van der Waals surface area contributed by atoms with Crippen LogP contribution in [0.25, 0.3) is 0 Å². The summed E-state index contributed by atoms with van der Waals surface area (Å²) in [6.07, 6.45) is -9.34. The van der Waals surface area contributed by atoms with Gasteiger partial charge in [0.25, 0.3) is 11.7 Å². The van der Waals surface area contributed by atoms with Crippen molar-refractivity contribution in [2.75, 3.05) is 54.3 Å². The average molecular weight is 1330 g/mol. The molecule has 1 aliphatic carbocycles. The number of allylic oxidation sites excluding steroid dienone is 6. The monoisotopic (exact) mass is 1330 g/mol. The molecule has 93 heavy (non-hydrogen) atoms. The molecule has 6 aliphatic rings. The molecule has 6 rings (SSSR count). The Bertz CT molecular complexity index is 2580. The maximum absolute atomic E-state index is 14.7. The first-order valence-corrected chi connectivity index (χ1v) is 32.6. The Hall–Kier alpha value is -4.50. The zero-order valence-corrected chi connectivity index (χ0v) is 55.3. The fourth-order valence-electron chi connectivity index (χ4n) is 13.4. The number of rotatable bonds is 15. The van der Waals surface area contributed by atoms with Crippen molar-refractivity contribution in [3.8, 4) is 0 Å². The summed E-state index contributed by atoms with van der Waals surface area (Å²) in [5.41, 5.74) is 1.16. The number of aliphatic hydroxyl groups excluding tert-OH is 8. The van der Waals surface area contributed by atoms with Crippen LogP contribution < -0.4 is 0 Å². The highest BCUT2D eigenvalue weighted by molar-refractivity contribution is 6.39. The Morgan fingerprint density at radius 2 is 1.44 bits per heavy atom. The fourth-order valence-corrected chi connectivity index (χ4v) is 13.4. The Morgan fingerprint density at radius 3 is 2.12 bits per heavy atom. The van der Waals surface area contributed by atoms with E-state index in [1.54, 1.807) is 40.9 Å². The third kappa shape index (κ3) is 20.1. The number of hydrogen-bond acceptors (Lipinski definition) is 26. The number of aliphatic hydroxyl groups is 9. The van der Waals surface area contributed by atoms with E-state index in [0.717, 1.165) is 10.5 Å². The number of piperidine rings is 1. The summed E-state index contributed by atoms with van der Waals surface area (Å²) in [6.45, 7) is 10.3. The molecule has 1 saturated carbocycles. The molecule has 27 heteroatoms. The van der Waals surface area contributed by atoms with Gasteiger partial charge < -0.3 is 103 Å². The lowest BCUT2D eigenvalue weighted by molar-refractivity contribution is -0.355. The molecule has 27 nitrogen and oxygen atoms in total. The molecule has 9 N–H and O–H groups in total. The van der Waals surface area contributed by atoms with E-state index in [1.165, 1.54) is 14.2 Å². The van der Waals surface area contributed by atoms with E-state index in [1.807, 2.05) is 51.2 Å². The van der Waals surface area contributed by atoms with Gasteiger partial charge in [-0.05, 0) is 107 Å². The first-order valence-electron chi connectivity index (χ1n) is 32.6. The molecule has 0 radical (unpaired) electrons. The first-order chi connectivity index (χ1) is 44.1. The second kappa shape index (κ2) is 36.2. The van der Waals surface area contributed by atoms with Crippen molar-refractivity contribution in [3.63, 3.8) is 0 Å². The maximum Gasteiger partial charge on any atom is 0.510 e. The molecule has 4 saturated heterocycles. The number of cyclic esters (lactones) is 1. The van der Waals surface area contributed by atoms with E-state index < -0.39 is 177 Å². The van der Waals surface area contributed by atoms with E-state index in [4.69, 9.17) is 52.1 Å². The Morgan fingerprint density at radius 1 is 0.742 bits per heavy atom. The van der Waals surface area contributed by atoms with Crippen molar-refractivity contribution in [3.05, 3.63) is 47.6 Å². The van der Waals surface area contributed by atoms with Crippen molar-refractivity contribution >= 4 is 35.4 Å². The largest absolute Gasteiger partial charge is 0.510 e. The Kier molecular flexibility index (Phi) is 30.2. The van der Waals surface area contributed by atoms with Crippen LogP contribution in [0.3, 0.4) is 0 Å². The second-order valence-corrected chi connectivity index (χ2v) is 26.2. The molecule has 3 unspecified atom stereocenters. The summed E-state index contributed by atoms with van der Waals surface area (Å²) in [6, 6.07) is -1.25. The Labute approximate surface area is 544 Å². The lowest BCUT2D eigenvalue weighted by Crippen LogP contribution is -2.64. The highest BCUT2D eigenvalue weighted by Gasteiger charge is 2.54. The molecule has 0 aromatic carbocycles. The quantitative estimate of drug-likeness (QED) is 0.0490. The molecule has 25 atom stereocenters. The molecule has 528 valence electrons. The predicted molar refractivity (Wildman–Crippen MR) is 328 cm³/mol. The van der Waals surface area contributed by atoms with Gasteiger partial charge in [0.05, 0.1) is 44.2 Å². The molecule has 5 aliphatic heterocycles. The topological polar surface area (TPSA) is 389 Å². The van der Waals surface area contributed by atoms with Gasteiger partial charge in [0, 0.05) is 58.5 Å². The van der Waals surface area contributed by atoms with Crippen molar-refractivity contribution in [2.45, 2.75) is 241 Å². The number of nitrogens with zero attached hydrogens (tertiary/aromatic N) is 1. The number of methoxy groups -OCH3 is 3. The SMILES string of the molecule is CO[C@H]1C[C@@H]2CC[C@@H](C)[C@@](O)(O2)C(=O)C(=O)N2CCCCC2C(=O)O[C@H]([C@H](C)CC2CC[C@@H](OCCOC(=O)O[C@@H]3O[C@H](CO)[C@@H](OC4O[C@H](CO)[C@@H](O)[C@H](O)[C@H]4O)[C@H](O)[C@H]3O)[C@H](OC)C2)CC(=O)[C@H](C)/C=C(\C)[C@@H](O)[C@@H](OC)C(=O)[C@H](C)C[C@H](C)\C=C/C=C/C=C/1C. The van der Waals surface area contributed by atoms with Gasteiger partial charge in [0.2, 0.25) is 12.1 Å². The highest BCUT2D eigenvalue weighted by atomic mass is 16.8. The number of carbonyl (C=O) groups excluding carboxylic acids is 6. The number of ether oxygens (including phenoxy) is 11. The zero-order chi connectivity index (χ0) is 68.6. The van der Waals surface area contributed by atoms with Crippen LogP contribution in [0.1, 0.15) is 126 Å². The molecular weight excluding hydrogens is 1220 g/mol. The van der Waals surface area contributed by atoms with E-state index in [-0.39, 0.29) is 62.4 Å². The number of ketones is 3. The van der Waals surface area contributed by atoms with E-state index in [0.29, 0.717) is 63.4 Å². The van der Waals surface area contributed by atoms with Crippen LogP contribution in [-0.2, 0) is 76.1 Å². The van der Waals surface area contributed by atoms with Crippen LogP contribution in [-0.4, -0.2) is 257 Å². The number of esters is 1. The molecule has 0 aromatic heterocycles. The summed E-state index contributed by atoms with van der Waals surface area (Å²) in [5, 5.41) is 95.8. The minimum Gasteiger partial charge on any atom is -0.460 e. The fraction of sp³-hybridized carbons (Fsp3) is 0.788. The first kappa shape index (κ1) is 77.5. The molecule has 0 spiro atoms. The van der Waals surface area contributed by atoms with Gasteiger partial charge >= 0.3 is 12.1 Å². The molecule has 5 fully saturated rings. The Balaban J connectivity index is 1.13. The lowest BCUT2D eigenvalue weighted by atomic mass is 9.78. The van der Waals surface area contributed by atoms with Gasteiger partial charge in [-0.2, -0.15) is 0 Å². The van der Waals surface area contributed by atoms with Crippen molar-refractivity contribution < 1.29 is 127 Å². The summed E-state index contributed by atoms with van der Waals surface area (Å²) >= 11 is 0. The van der Waals surface area contributed by atoms with Crippen LogP contribution in [0.2, 0.25) is 0 Å². The van der Waals surface area contributed by atoms with Gasteiger partial charge in [-0.15, -0.1) is 0 Å². The maximum atomic E-state index is 14.7. The molecular formula is C66H103NO26. The summed E-state index contributed by atoms with van der Waals surface area (Å²) in [7, 11) is 4.41. The van der Waals surface area contributed by atoms with E-state index in [2.05, 4.69) is 0 Å². The van der Waals surface area contributed by atoms with Crippen LogP contribution in [0.4, 0.5) is 4.79 Å². The van der Waals surface area contributed by atoms with E-state index in [9.17, 15) is 74.7 Å². The second-order valence-electron chi connectivity index (χ2n) is 26.2. The third-order valence-corrected chi connectivity index (χ3v) is 19.3. The van der Waals surface area contributed by atoms with Crippen LogP contribution >= 0.6 is 0 Å². The zero-order valence-electron chi connectivity index (χ0n) is 55.3. The molecule has 1 amide bonds. The van der Waals surface area contributed by atoms with Crippen LogP contribution in [0.15, 0.2) is 47.6 Å². The van der Waals surface area contributed by atoms with Crippen LogP contribution in [0, 0.1) is 35.5 Å². The van der Waals surface area contributed by atoms with Crippen LogP contribution in [0.5, 0.6) is 0 Å². The minimum atomic E-state index is -2.51. The summed E-state index contributed by atoms with van der Waals surface area (Å²) in [4.78, 5) is 85.9. The smallest absolute Gasteiger partial charge is 0.460 e. The standard InChI is InChI=1S/C66H103NO26/c1-34-16-12-11-13-17-35(2)46(83-8)30-42-21-19-40(7)66(82,93-42)60(78)61(79)67-23-15-14-18-43(67)62(80)88-47(31-44(70)36(3)27-39(6)52(72)59(85-10)51(71)38(5)26-34)37(4)28-41-20-22-45(48(29-41)84-9)86-24-25-87-65(81)92-64-57(77)55(75)58(50(33-69)90-64)91-63-56(76)54(74)53(73)49(32-68)89-63/h11-13,16-17,27,34,36-38,40-43,45-50,52-59,63-64,68-69,72-77,82H,14-15,18-26,28-33H2,1-10H3/b13-11+,16-12-,35-17+,39-27+/t34-,36-,37-,38-,40-,41?,42+,43?,45-,46+,47+,48-,49-,50-,52-,53-,54+,55-,56-,57-,58-,59+,63?,64+,66-/m1/s1. The van der Waals surface area contributed by atoms with Gasteiger partial charge in [0.15, 0.2) is 12.1 Å².